The number of benzene rings is 8. The number of aromatic nitrogens is 1. The van der Waals surface area contributed by atoms with Crippen molar-refractivity contribution < 1.29 is 4.79 Å². The molecule has 0 N–H and O–H groups in total. The molecule has 0 saturated carbocycles. The third-order valence-corrected chi connectivity index (χ3v) is 13.1. The van der Waals surface area contributed by atoms with Crippen LogP contribution in [0.2, 0.25) is 0 Å². The molecule has 11 rings (SSSR count). The third-order valence-electron chi connectivity index (χ3n) is 13.1. The highest BCUT2D eigenvalue weighted by molar-refractivity contribution is 6.24. The Bertz CT molecular complexity index is 3100. The second-order valence-electron chi connectivity index (χ2n) is 16.3. The topological polar surface area (TPSA) is 22.0 Å². The van der Waals surface area contributed by atoms with Gasteiger partial charge in [0.25, 0.3) is 5.91 Å². The Morgan fingerprint density at radius 3 is 1.10 bits per heavy atom. The molecule has 0 spiro atoms. The molecule has 8 aromatic carbocycles. The maximum absolute atomic E-state index is 15.9. The highest BCUT2D eigenvalue weighted by Crippen LogP contribution is 2.76. The van der Waals surface area contributed by atoms with Crippen LogP contribution < -0.4 is 0 Å². The standard InChI is InChI=1S/C60H43NO/c62-58(48-35-19-6-20-36-48)61-52(41-51(43-25-9-1-10-26-43)57(61)47-33-17-5-18-34-47)56-55(46-31-15-4-16-32-46)59(49-37-21-7-22-38-49)42-60(56,50-39-23-8-24-40-50)54(45-29-13-3-14-30-45)53(59)44-27-11-2-12-28-44/h1-41H,42H2. The predicted molar refractivity (Wildman–Crippen MR) is 255 cm³/mol. The summed E-state index contributed by atoms with van der Waals surface area (Å²) in [6.07, 6.45) is 0.730. The Morgan fingerprint density at radius 2 is 0.677 bits per heavy atom. The quantitative estimate of drug-likeness (QED) is 0.143. The van der Waals surface area contributed by atoms with Crippen LogP contribution in [0.5, 0.6) is 0 Å². The summed E-state index contributed by atoms with van der Waals surface area (Å²) in [7, 11) is 0. The molecule has 0 fully saturated rings. The fourth-order valence-corrected chi connectivity index (χ4v) is 10.7. The van der Waals surface area contributed by atoms with Crippen LogP contribution in [0.3, 0.4) is 0 Å². The maximum Gasteiger partial charge on any atom is 0.262 e. The van der Waals surface area contributed by atoms with Gasteiger partial charge in [-0.05, 0) is 85.9 Å². The summed E-state index contributed by atoms with van der Waals surface area (Å²) in [4.78, 5) is 15.9. The van der Waals surface area contributed by atoms with Gasteiger partial charge in [0.1, 0.15) is 0 Å². The highest BCUT2D eigenvalue weighted by atomic mass is 16.2. The van der Waals surface area contributed by atoms with E-state index in [0.717, 1.165) is 51.2 Å². The maximum atomic E-state index is 15.9. The molecule has 294 valence electrons. The van der Waals surface area contributed by atoms with E-state index in [-0.39, 0.29) is 5.91 Å². The molecule has 0 aliphatic heterocycles. The molecule has 2 atom stereocenters. The van der Waals surface area contributed by atoms with E-state index in [0.29, 0.717) is 5.56 Å². The lowest BCUT2D eigenvalue weighted by Gasteiger charge is -2.40. The zero-order chi connectivity index (χ0) is 41.5. The van der Waals surface area contributed by atoms with Crippen LogP contribution in [-0.4, -0.2) is 10.5 Å². The fraction of sp³-hybridized carbons (Fsp3) is 0.0500. The Hall–Kier alpha value is -7.81. The van der Waals surface area contributed by atoms with Crippen LogP contribution in [0.1, 0.15) is 50.3 Å². The number of fused-ring (bicyclic) bond motifs is 2. The number of rotatable bonds is 9. The largest absolute Gasteiger partial charge is 0.275 e. The van der Waals surface area contributed by atoms with Gasteiger partial charge in [0.05, 0.1) is 11.4 Å². The fourth-order valence-electron chi connectivity index (χ4n) is 10.7. The van der Waals surface area contributed by atoms with E-state index in [1.165, 1.54) is 33.4 Å². The van der Waals surface area contributed by atoms with Gasteiger partial charge < -0.3 is 0 Å². The van der Waals surface area contributed by atoms with Crippen molar-refractivity contribution >= 4 is 28.2 Å². The van der Waals surface area contributed by atoms with E-state index < -0.39 is 10.8 Å². The average molecular weight is 794 g/mol. The summed E-state index contributed by atoms with van der Waals surface area (Å²) >= 11 is 0. The first-order valence-corrected chi connectivity index (χ1v) is 21.4. The third kappa shape index (κ3) is 5.75. The normalized spacial score (nSPS) is 18.0. The van der Waals surface area contributed by atoms with Crippen molar-refractivity contribution in [2.24, 2.45) is 0 Å². The van der Waals surface area contributed by atoms with Gasteiger partial charge in [-0.15, -0.1) is 0 Å². The van der Waals surface area contributed by atoms with Gasteiger partial charge in [-0.2, -0.15) is 0 Å². The molecule has 1 heterocycles. The van der Waals surface area contributed by atoms with Gasteiger partial charge in [0.2, 0.25) is 0 Å². The molecule has 0 amide bonds. The molecule has 2 unspecified atom stereocenters. The summed E-state index contributed by atoms with van der Waals surface area (Å²) in [5.74, 6) is -0.0742. The molecule has 0 saturated heterocycles. The van der Waals surface area contributed by atoms with E-state index in [1.807, 2.05) is 36.4 Å². The van der Waals surface area contributed by atoms with Crippen LogP contribution in [0.25, 0.3) is 44.7 Å². The van der Waals surface area contributed by atoms with Crippen LogP contribution in [0.4, 0.5) is 0 Å². The molecular weight excluding hydrogens is 751 g/mol. The van der Waals surface area contributed by atoms with Crippen molar-refractivity contribution in [3.05, 3.63) is 288 Å². The summed E-state index contributed by atoms with van der Waals surface area (Å²) in [5.41, 5.74) is 14.8. The lowest BCUT2D eigenvalue weighted by molar-refractivity contribution is 0.0961. The van der Waals surface area contributed by atoms with Crippen LogP contribution in [0, 0.1) is 0 Å². The second-order valence-corrected chi connectivity index (χ2v) is 16.3. The van der Waals surface area contributed by atoms with Crippen LogP contribution >= 0.6 is 0 Å². The molecule has 1 aromatic heterocycles. The Labute approximate surface area is 363 Å². The van der Waals surface area contributed by atoms with E-state index in [2.05, 4.69) is 217 Å². The summed E-state index contributed by atoms with van der Waals surface area (Å²) in [6, 6.07) is 88.3. The second kappa shape index (κ2) is 15.3. The minimum Gasteiger partial charge on any atom is -0.275 e. The van der Waals surface area contributed by atoms with Crippen molar-refractivity contribution in [1.29, 1.82) is 0 Å². The van der Waals surface area contributed by atoms with Crippen molar-refractivity contribution in [2.45, 2.75) is 17.3 Å². The molecule has 2 nitrogen and oxygen atoms in total. The van der Waals surface area contributed by atoms with Crippen LogP contribution in [0.15, 0.2) is 249 Å². The number of carbonyl (C=O) groups excluding carboxylic acids is 1. The Kier molecular flexibility index (Phi) is 9.20. The molecule has 2 aliphatic carbocycles. The van der Waals surface area contributed by atoms with Gasteiger partial charge in [-0.3, -0.25) is 9.36 Å². The van der Waals surface area contributed by atoms with E-state index in [4.69, 9.17) is 0 Å². The molecule has 2 bridgehead atoms. The number of hydrogen-bond acceptors (Lipinski definition) is 1. The number of hydrogen-bond donors (Lipinski definition) is 0. The van der Waals surface area contributed by atoms with Gasteiger partial charge in [0.15, 0.2) is 0 Å². The molecule has 0 radical (unpaired) electrons. The molecule has 9 aromatic rings. The first kappa shape index (κ1) is 37.2. The molecule has 62 heavy (non-hydrogen) atoms. The van der Waals surface area contributed by atoms with Crippen molar-refractivity contribution in [3.8, 4) is 22.4 Å². The minimum atomic E-state index is -0.732. The summed E-state index contributed by atoms with van der Waals surface area (Å²) < 4.78 is 2.06. The zero-order valence-electron chi connectivity index (χ0n) is 34.2. The zero-order valence-corrected chi connectivity index (χ0v) is 34.2. The number of nitrogens with zero attached hydrogens (tertiary/aromatic N) is 1. The minimum absolute atomic E-state index is 0.0742. The number of allylic oxidation sites excluding steroid dienone is 4. The van der Waals surface area contributed by atoms with Gasteiger partial charge >= 0.3 is 0 Å². The van der Waals surface area contributed by atoms with Crippen molar-refractivity contribution in [2.75, 3.05) is 0 Å². The summed E-state index contributed by atoms with van der Waals surface area (Å²) in [6.45, 7) is 0. The number of carbonyl (C=O) groups is 1. The van der Waals surface area contributed by atoms with Gasteiger partial charge in [-0.1, -0.05) is 231 Å². The van der Waals surface area contributed by atoms with E-state index in [1.54, 1.807) is 0 Å². The lowest BCUT2D eigenvalue weighted by atomic mass is 9.63. The lowest BCUT2D eigenvalue weighted by Crippen LogP contribution is -2.29. The van der Waals surface area contributed by atoms with Crippen molar-refractivity contribution in [1.82, 2.24) is 4.57 Å². The Balaban J connectivity index is 1.40. The molecule has 2 heteroatoms. The van der Waals surface area contributed by atoms with Crippen molar-refractivity contribution in [3.63, 3.8) is 0 Å². The van der Waals surface area contributed by atoms with Gasteiger partial charge in [0, 0.05) is 22.0 Å². The summed E-state index contributed by atoms with van der Waals surface area (Å²) in [5, 5.41) is 0. The monoisotopic (exact) mass is 793 g/mol. The predicted octanol–water partition coefficient (Wildman–Crippen LogP) is 14.3. The van der Waals surface area contributed by atoms with Gasteiger partial charge in [-0.25, -0.2) is 0 Å². The molecular formula is C60H43NO. The SMILES string of the molecule is O=C(c1ccccc1)n1c(C2=C(c3ccccc3)C3(c4ccccc4)CC2(c2ccccc2)C(c2ccccc2)=C3c2ccccc2)cc(-c2ccccc2)c1-c1ccccc1. The highest BCUT2D eigenvalue weighted by Gasteiger charge is 2.66. The van der Waals surface area contributed by atoms with E-state index >= 15 is 4.79 Å². The van der Waals surface area contributed by atoms with E-state index in [9.17, 15) is 0 Å². The first-order valence-electron chi connectivity index (χ1n) is 21.4. The Morgan fingerprint density at radius 1 is 0.355 bits per heavy atom. The van der Waals surface area contributed by atoms with Crippen LogP contribution in [-0.2, 0) is 10.8 Å². The average Bonchev–Trinajstić information content (AvgIpc) is 4.02. The molecule has 2 aliphatic rings. The smallest absolute Gasteiger partial charge is 0.262 e. The first-order chi connectivity index (χ1) is 30.7.